The molecule has 498 valence electrons. The summed E-state index contributed by atoms with van der Waals surface area (Å²) in [7, 11) is 0. The first kappa shape index (κ1) is 66.4. The van der Waals surface area contributed by atoms with Gasteiger partial charge in [0.25, 0.3) is 0 Å². The van der Waals surface area contributed by atoms with Crippen LogP contribution in [0.5, 0.6) is 23.0 Å². The fourth-order valence-electron chi connectivity index (χ4n) is 17.5. The molecule has 13 rings (SSSR count). The van der Waals surface area contributed by atoms with Crippen molar-refractivity contribution < 1.29 is 18.9 Å². The maximum absolute atomic E-state index is 7.06. The van der Waals surface area contributed by atoms with Crippen molar-refractivity contribution in [1.29, 1.82) is 0 Å². The second kappa shape index (κ2) is 32.7. The van der Waals surface area contributed by atoms with Crippen LogP contribution in [-0.4, -0.2) is 26.4 Å². The number of benzene rings is 13. The molecule has 0 N–H and O–H groups in total. The minimum absolute atomic E-state index is 0.725. The number of hydrogen-bond donors (Lipinski definition) is 0. The highest BCUT2D eigenvalue weighted by molar-refractivity contribution is 6.61. The van der Waals surface area contributed by atoms with Crippen molar-refractivity contribution in [1.82, 2.24) is 0 Å². The molecular weight excluding hydrogens is 1140 g/mol. The zero-order valence-corrected chi connectivity index (χ0v) is 58.8. The highest BCUT2D eigenvalue weighted by Gasteiger charge is 2.33. The maximum Gasteiger partial charge on any atom is 0.120 e. The Balaban J connectivity index is 0.934. The molecule has 13 aromatic rings. The van der Waals surface area contributed by atoms with Crippen LogP contribution in [0, 0.1) is 0 Å². The Morgan fingerprint density at radius 3 is 0.500 bits per heavy atom. The van der Waals surface area contributed by atoms with E-state index in [-0.39, 0.29) is 0 Å². The van der Waals surface area contributed by atoms with Gasteiger partial charge in [0.15, 0.2) is 0 Å². The summed E-state index contributed by atoms with van der Waals surface area (Å²) in [6, 6.07) is 33.9. The summed E-state index contributed by atoms with van der Waals surface area (Å²) < 4.78 is 28.2. The Labute approximate surface area is 563 Å². The minimum Gasteiger partial charge on any atom is -0.494 e. The van der Waals surface area contributed by atoms with E-state index in [0.717, 1.165) is 75.1 Å². The molecule has 0 amide bonds. The highest BCUT2D eigenvalue weighted by atomic mass is 16.5. The van der Waals surface area contributed by atoms with Crippen LogP contribution in [0.25, 0.3) is 129 Å². The zero-order chi connectivity index (χ0) is 64.0. The summed E-state index contributed by atoms with van der Waals surface area (Å²) in [5, 5.41) is 32.2. The summed E-state index contributed by atoms with van der Waals surface area (Å²) in [6.45, 7) is 12.1. The predicted molar refractivity (Wildman–Crippen MR) is 413 cm³/mol. The topological polar surface area (TPSA) is 36.9 Å². The molecule has 0 saturated heterocycles. The molecule has 0 saturated carbocycles. The van der Waals surface area contributed by atoms with Gasteiger partial charge in [-0.3, -0.25) is 0 Å². The molecule has 0 spiro atoms. The minimum atomic E-state index is 0.725. The molecule has 4 nitrogen and oxygen atoms in total. The average molecular weight is 1260 g/mol. The van der Waals surface area contributed by atoms with Gasteiger partial charge in [0, 0.05) is 0 Å². The molecule has 0 aliphatic carbocycles. The number of hydrogen-bond acceptors (Lipinski definition) is 4. The van der Waals surface area contributed by atoms with Crippen LogP contribution in [0.4, 0.5) is 0 Å². The molecule has 0 heterocycles. The van der Waals surface area contributed by atoms with E-state index in [0.29, 0.717) is 0 Å². The predicted octanol–water partition coefficient (Wildman–Crippen LogP) is 29.4. The first-order valence-electron chi connectivity index (χ1n) is 39.4. The van der Waals surface area contributed by atoms with Crippen LogP contribution < -0.4 is 18.9 Å². The van der Waals surface area contributed by atoms with E-state index in [2.05, 4.69) is 113 Å². The van der Waals surface area contributed by atoms with Crippen LogP contribution in [0.15, 0.2) is 84.9 Å². The van der Waals surface area contributed by atoms with Crippen molar-refractivity contribution in [2.45, 2.75) is 285 Å². The molecule has 4 heteroatoms. The molecule has 0 unspecified atom stereocenters. The first-order chi connectivity index (χ1) is 46.6. The Morgan fingerprint density at radius 2 is 0.319 bits per heavy atom. The summed E-state index contributed by atoms with van der Waals surface area (Å²) in [5.74, 6) is 3.90. The quantitative estimate of drug-likeness (QED) is 0.0216. The lowest BCUT2D eigenvalue weighted by Crippen LogP contribution is -2.03. The van der Waals surface area contributed by atoms with Gasteiger partial charge in [0.2, 0.25) is 0 Å². The van der Waals surface area contributed by atoms with Crippen molar-refractivity contribution in [3.63, 3.8) is 0 Å². The van der Waals surface area contributed by atoms with Crippen LogP contribution in [0.1, 0.15) is 285 Å². The van der Waals surface area contributed by atoms with E-state index < -0.39 is 0 Å². The van der Waals surface area contributed by atoms with Crippen molar-refractivity contribution in [2.75, 3.05) is 26.4 Å². The Bertz CT molecular complexity index is 3860. The summed E-state index contributed by atoms with van der Waals surface area (Å²) in [4.78, 5) is 0. The number of ether oxygens (including phenoxy) is 4. The lowest BCUT2D eigenvalue weighted by Gasteiger charge is -2.29. The smallest absolute Gasteiger partial charge is 0.120 e. The third-order valence-electron chi connectivity index (χ3n) is 22.4. The van der Waals surface area contributed by atoms with Crippen molar-refractivity contribution >= 4 is 129 Å². The van der Waals surface area contributed by atoms with E-state index in [9.17, 15) is 0 Å². The van der Waals surface area contributed by atoms with Gasteiger partial charge in [-0.2, -0.15) is 0 Å². The molecule has 94 heavy (non-hydrogen) atoms. The third-order valence-corrected chi connectivity index (χ3v) is 22.4. The molecule has 0 fully saturated rings. The van der Waals surface area contributed by atoms with Crippen LogP contribution >= 0.6 is 0 Å². The van der Waals surface area contributed by atoms with Gasteiger partial charge in [-0.15, -0.1) is 0 Å². The summed E-state index contributed by atoms with van der Waals surface area (Å²) in [5.41, 5.74) is 0. The molecule has 0 atom stereocenters. The maximum atomic E-state index is 7.06. The Kier molecular flexibility index (Phi) is 23.1. The highest BCUT2D eigenvalue weighted by Crippen LogP contribution is 2.61. The molecule has 0 aromatic heterocycles. The monoisotopic (exact) mass is 1260 g/mol. The largest absolute Gasteiger partial charge is 0.494 e. The van der Waals surface area contributed by atoms with E-state index in [4.69, 9.17) is 18.9 Å². The number of unbranched alkanes of at least 4 members (excludes halogenated alkanes) is 36. The summed E-state index contributed by atoms with van der Waals surface area (Å²) >= 11 is 0. The fourth-order valence-corrected chi connectivity index (χ4v) is 17.5. The molecule has 0 aliphatic heterocycles. The second-order valence-corrected chi connectivity index (χ2v) is 29.4. The third kappa shape index (κ3) is 14.0. The van der Waals surface area contributed by atoms with Crippen LogP contribution in [-0.2, 0) is 0 Å². The van der Waals surface area contributed by atoms with E-state index >= 15 is 0 Å². The van der Waals surface area contributed by atoms with Crippen LogP contribution in [0.3, 0.4) is 0 Å². The van der Waals surface area contributed by atoms with Gasteiger partial charge in [-0.05, 0) is 203 Å². The first-order valence-corrected chi connectivity index (χ1v) is 39.4. The molecular formula is C90H114O4. The molecule has 0 radical (unpaired) electrons. The Hall–Kier alpha value is -6.26. The Morgan fingerprint density at radius 1 is 0.170 bits per heavy atom. The average Bonchev–Trinajstić information content (AvgIpc) is 0.646. The fraction of sp³-hybridized carbons (Fsp3) is 0.533. The van der Waals surface area contributed by atoms with E-state index in [1.165, 1.54) is 360 Å². The van der Waals surface area contributed by atoms with Crippen molar-refractivity contribution in [3.8, 4) is 23.0 Å². The lowest BCUT2D eigenvalue weighted by molar-refractivity contribution is 0.304. The second-order valence-electron chi connectivity index (χ2n) is 29.4. The van der Waals surface area contributed by atoms with Gasteiger partial charge < -0.3 is 18.9 Å². The zero-order valence-electron chi connectivity index (χ0n) is 58.8. The number of rotatable bonds is 48. The van der Waals surface area contributed by atoms with E-state index in [1.807, 2.05) is 0 Å². The normalized spacial score (nSPS) is 12.6. The summed E-state index contributed by atoms with van der Waals surface area (Å²) in [6.07, 6.45) is 52.3. The van der Waals surface area contributed by atoms with Crippen molar-refractivity contribution in [2.24, 2.45) is 0 Å². The number of fused-ring (bicyclic) bond motifs is 6. The van der Waals surface area contributed by atoms with E-state index in [1.54, 1.807) is 0 Å². The van der Waals surface area contributed by atoms with Gasteiger partial charge in [0.05, 0.1) is 26.4 Å². The van der Waals surface area contributed by atoms with Gasteiger partial charge in [-0.25, -0.2) is 0 Å². The standard InChI is InChI=1S/C90H114O4/c1-5-9-13-17-21-25-29-33-37-41-51-91-63-55-71-67-47-45-48-68-73-57-65(93-53-43-39-35-31-27-23-19-15-11-7-3)61-77-78-62-66(94-54-44-40-36-32-28-24-20-16-12-8-4)58-74-70-50-46-49-69-72-56-64(92-52-42-38-34-30-26-22-18-14-10-6-2)60-76-75(59-63)81(71)87-85(79(67)68)89(83(73)77)90(84(74)78)86(80(69)70)88(87)82(72)76/h45-50,55-62H,5-44,51-54H2,1-4H3. The van der Waals surface area contributed by atoms with Gasteiger partial charge in [-0.1, -0.05) is 295 Å². The molecule has 13 aromatic carbocycles. The van der Waals surface area contributed by atoms with Gasteiger partial charge >= 0.3 is 0 Å². The van der Waals surface area contributed by atoms with Gasteiger partial charge in [0.1, 0.15) is 23.0 Å². The van der Waals surface area contributed by atoms with Crippen LogP contribution in [0.2, 0.25) is 0 Å². The lowest BCUT2D eigenvalue weighted by atomic mass is 9.73. The SMILES string of the molecule is CCCCCCCCCCCCOc1cc2c3cccc4c5cc(OCCCCCCCCCCCC)cc6c7cc(OCCCCCCCCCCCC)cc8c9cccc%10c%11cc(OCCCCCCCCCCCC)cc%12c(c1)c2c1c(c34)c(c56)c(c87)c(c%109)c1c%11%12. The van der Waals surface area contributed by atoms with Crippen molar-refractivity contribution in [3.05, 3.63) is 84.9 Å². The molecule has 0 bridgehead atoms. The molecule has 0 aliphatic rings.